The van der Waals surface area contributed by atoms with E-state index in [1.54, 1.807) is 18.2 Å². The highest BCUT2D eigenvalue weighted by atomic mass is 16.4. The van der Waals surface area contributed by atoms with Gasteiger partial charge in [0.15, 0.2) is 5.43 Å². The Morgan fingerprint density at radius 1 is 1.08 bits per heavy atom. The van der Waals surface area contributed by atoms with Gasteiger partial charge in [-0.25, -0.2) is 0 Å². The summed E-state index contributed by atoms with van der Waals surface area (Å²) in [4.78, 5) is 23.5. The second kappa shape index (κ2) is 5.92. The number of carboxylic acid groups (broad SMARTS) is 1. The third-order valence-electron chi connectivity index (χ3n) is 5.17. The highest BCUT2D eigenvalue weighted by Gasteiger charge is 2.35. The maximum atomic E-state index is 11.8. The van der Waals surface area contributed by atoms with E-state index in [-0.39, 0.29) is 17.1 Å². The minimum Gasteiger partial charge on any atom is -0.508 e. The van der Waals surface area contributed by atoms with E-state index in [4.69, 9.17) is 4.42 Å². The van der Waals surface area contributed by atoms with Gasteiger partial charge in [-0.15, -0.1) is 0 Å². The van der Waals surface area contributed by atoms with Crippen molar-refractivity contribution < 1.29 is 19.4 Å². The monoisotopic (exact) mass is 338 g/mol. The largest absolute Gasteiger partial charge is 0.508 e. The van der Waals surface area contributed by atoms with Crippen LogP contribution in [0.15, 0.2) is 45.6 Å². The van der Waals surface area contributed by atoms with Crippen molar-refractivity contribution in [2.24, 2.45) is 5.92 Å². The summed E-state index contributed by atoms with van der Waals surface area (Å²) in [7, 11) is 0. The first-order valence-electron chi connectivity index (χ1n) is 8.47. The summed E-state index contributed by atoms with van der Waals surface area (Å²) >= 11 is 0. The van der Waals surface area contributed by atoms with E-state index in [0.29, 0.717) is 17.8 Å². The van der Waals surface area contributed by atoms with Gasteiger partial charge in [0.2, 0.25) is 0 Å². The maximum absolute atomic E-state index is 11.8. The lowest BCUT2D eigenvalue weighted by Gasteiger charge is -2.31. The van der Waals surface area contributed by atoms with Crippen LogP contribution in [0.25, 0.3) is 22.3 Å². The van der Waals surface area contributed by atoms with Crippen LogP contribution in [0.4, 0.5) is 0 Å². The van der Waals surface area contributed by atoms with Crippen molar-refractivity contribution in [1.82, 2.24) is 0 Å². The molecule has 2 unspecified atom stereocenters. The topological polar surface area (TPSA) is 87.7 Å². The van der Waals surface area contributed by atoms with E-state index in [2.05, 4.69) is 0 Å². The maximum Gasteiger partial charge on any atom is 0.307 e. The number of hydrogen-bond acceptors (Lipinski definition) is 4. The molecule has 0 aromatic heterocycles. The highest BCUT2D eigenvalue weighted by molar-refractivity contribution is 5.90. The van der Waals surface area contributed by atoms with Crippen molar-refractivity contribution in [3.05, 3.63) is 52.2 Å². The van der Waals surface area contributed by atoms with Crippen LogP contribution in [-0.2, 0) is 4.79 Å². The molecule has 1 aromatic carbocycles. The van der Waals surface area contributed by atoms with Crippen LogP contribution in [0.1, 0.15) is 37.2 Å². The Bertz CT molecular complexity index is 987. The number of phenols is 1. The van der Waals surface area contributed by atoms with Crippen molar-refractivity contribution in [2.75, 3.05) is 0 Å². The van der Waals surface area contributed by atoms with Crippen LogP contribution < -0.4 is 5.43 Å². The molecule has 3 aliphatic rings. The van der Waals surface area contributed by atoms with Crippen molar-refractivity contribution in [1.29, 1.82) is 0 Å². The average molecular weight is 338 g/mol. The SMILES string of the molecule is O=C(O)C1CCCCC1c1c2ccc(=O)cc-2oc2cc(O)ccc12. The summed E-state index contributed by atoms with van der Waals surface area (Å²) in [6.45, 7) is 0. The molecular formula is C20H18O5. The third kappa shape index (κ3) is 2.65. The van der Waals surface area contributed by atoms with Crippen LogP contribution in [0.5, 0.6) is 5.75 Å². The number of aliphatic carboxylic acids is 1. The molecular weight excluding hydrogens is 320 g/mol. The molecule has 0 bridgehead atoms. The van der Waals surface area contributed by atoms with Gasteiger partial charge < -0.3 is 14.6 Å². The van der Waals surface area contributed by atoms with E-state index in [1.165, 1.54) is 18.2 Å². The molecule has 0 amide bonds. The molecule has 2 N–H and O–H groups in total. The van der Waals surface area contributed by atoms with Gasteiger partial charge in [-0.3, -0.25) is 9.59 Å². The number of benzene rings is 2. The Balaban J connectivity index is 2.05. The van der Waals surface area contributed by atoms with Gasteiger partial charge in [0.25, 0.3) is 0 Å². The van der Waals surface area contributed by atoms with Gasteiger partial charge in [0.05, 0.1) is 5.92 Å². The molecule has 0 saturated heterocycles. The Kier molecular flexibility index (Phi) is 3.71. The fourth-order valence-corrected chi connectivity index (χ4v) is 4.06. The van der Waals surface area contributed by atoms with Crippen LogP contribution >= 0.6 is 0 Å². The first-order chi connectivity index (χ1) is 12.0. The first kappa shape index (κ1) is 15.7. The lowest BCUT2D eigenvalue weighted by molar-refractivity contribution is -0.143. The number of phenolic OH excluding ortho intramolecular Hbond substituents is 1. The Morgan fingerprint density at radius 2 is 1.88 bits per heavy atom. The number of aromatic hydroxyl groups is 1. The molecule has 0 radical (unpaired) electrons. The molecule has 2 atom stereocenters. The second-order valence-electron chi connectivity index (χ2n) is 6.69. The van der Waals surface area contributed by atoms with Gasteiger partial charge in [0.1, 0.15) is 17.1 Å². The number of carbonyl (C=O) groups is 1. The molecule has 1 aromatic rings. The second-order valence-corrected chi connectivity index (χ2v) is 6.69. The smallest absolute Gasteiger partial charge is 0.307 e. The molecule has 1 heterocycles. The zero-order chi connectivity index (χ0) is 17.6. The Labute approximate surface area is 143 Å². The Morgan fingerprint density at radius 3 is 2.68 bits per heavy atom. The van der Waals surface area contributed by atoms with Crippen LogP contribution in [-0.4, -0.2) is 16.2 Å². The number of hydrogen-bond donors (Lipinski definition) is 2. The van der Waals surface area contributed by atoms with Crippen LogP contribution in [0, 0.1) is 5.92 Å². The summed E-state index contributed by atoms with van der Waals surface area (Å²) in [6.07, 6.45) is 3.31. The molecule has 25 heavy (non-hydrogen) atoms. The van der Waals surface area contributed by atoms with E-state index < -0.39 is 11.9 Å². The highest BCUT2D eigenvalue weighted by Crippen LogP contribution is 2.46. The van der Waals surface area contributed by atoms with E-state index >= 15 is 0 Å². The lowest BCUT2D eigenvalue weighted by Crippen LogP contribution is -2.26. The summed E-state index contributed by atoms with van der Waals surface area (Å²) in [6, 6.07) is 9.47. The standard InChI is InChI=1S/C20H18O5/c21-11-5-7-15-17(9-11)25-18-10-12(22)6-8-16(18)19(15)13-3-1-2-4-14(13)20(23)24/h5-10,13-14,21H,1-4H2,(H,23,24). The van der Waals surface area contributed by atoms with E-state index in [9.17, 15) is 19.8 Å². The predicted octanol–water partition coefficient (Wildman–Crippen LogP) is 3.96. The zero-order valence-corrected chi connectivity index (χ0v) is 13.6. The van der Waals surface area contributed by atoms with Crippen molar-refractivity contribution in [3.8, 4) is 17.1 Å². The average Bonchev–Trinajstić information content (AvgIpc) is 2.59. The Hall–Kier alpha value is -2.82. The molecule has 4 rings (SSSR count). The van der Waals surface area contributed by atoms with E-state index in [0.717, 1.165) is 35.8 Å². The molecule has 5 nitrogen and oxygen atoms in total. The van der Waals surface area contributed by atoms with Crippen LogP contribution in [0.3, 0.4) is 0 Å². The summed E-state index contributed by atoms with van der Waals surface area (Å²) in [5.74, 6) is -0.891. The molecule has 0 spiro atoms. The molecule has 1 fully saturated rings. The molecule has 5 heteroatoms. The zero-order valence-electron chi connectivity index (χ0n) is 13.6. The summed E-state index contributed by atoms with van der Waals surface area (Å²) < 4.78 is 5.83. The first-order valence-corrected chi connectivity index (χ1v) is 8.47. The fraction of sp³-hybridized carbons (Fsp3) is 0.300. The number of fused-ring (bicyclic) bond motifs is 2. The number of rotatable bonds is 2. The third-order valence-corrected chi connectivity index (χ3v) is 5.17. The lowest BCUT2D eigenvalue weighted by atomic mass is 9.73. The molecule has 1 aliphatic heterocycles. The van der Waals surface area contributed by atoms with E-state index in [1.807, 2.05) is 0 Å². The quantitative estimate of drug-likeness (QED) is 0.691. The van der Waals surface area contributed by atoms with Gasteiger partial charge in [-0.1, -0.05) is 12.8 Å². The fourth-order valence-electron chi connectivity index (χ4n) is 4.06. The van der Waals surface area contributed by atoms with Crippen molar-refractivity contribution >= 4 is 16.9 Å². The minimum absolute atomic E-state index is 0.0678. The molecule has 1 saturated carbocycles. The van der Waals surface area contributed by atoms with Gasteiger partial charge in [0, 0.05) is 23.1 Å². The predicted molar refractivity (Wildman–Crippen MR) is 93.1 cm³/mol. The van der Waals surface area contributed by atoms with Crippen molar-refractivity contribution in [2.45, 2.75) is 31.6 Å². The molecule has 2 aliphatic carbocycles. The van der Waals surface area contributed by atoms with Gasteiger partial charge in [-0.2, -0.15) is 0 Å². The van der Waals surface area contributed by atoms with Crippen molar-refractivity contribution in [3.63, 3.8) is 0 Å². The summed E-state index contributed by atoms with van der Waals surface area (Å²) in [5.41, 5.74) is 1.97. The van der Waals surface area contributed by atoms with Gasteiger partial charge >= 0.3 is 5.97 Å². The van der Waals surface area contributed by atoms with Gasteiger partial charge in [-0.05, 0) is 48.6 Å². The number of carboxylic acids is 1. The summed E-state index contributed by atoms with van der Waals surface area (Å²) in [5, 5.41) is 20.3. The van der Waals surface area contributed by atoms with Crippen LogP contribution in [0.2, 0.25) is 0 Å². The normalized spacial score (nSPS) is 20.8. The minimum atomic E-state index is -0.786. The molecule has 128 valence electrons.